The molecule has 7 heteroatoms. The van der Waals surface area contributed by atoms with Crippen LogP contribution in [0, 0.1) is 0 Å². The highest BCUT2D eigenvalue weighted by Gasteiger charge is 2.17. The molecule has 0 fully saturated rings. The third-order valence-corrected chi connectivity index (χ3v) is 5.44. The van der Waals surface area contributed by atoms with Crippen LogP contribution < -0.4 is 5.32 Å². The standard InChI is InChI=1S/C13H16N4OS2/c18-13(14-4-1-2-12-15-8-16-17-12)11-6-9-7-19-5-3-10(9)20-11/h6,8H,1-5,7H2,(H,14,18)(H,15,16,17). The van der Waals surface area contributed by atoms with Crippen molar-refractivity contribution >= 4 is 29.0 Å². The summed E-state index contributed by atoms with van der Waals surface area (Å²) in [4.78, 5) is 18.4. The smallest absolute Gasteiger partial charge is 0.261 e. The number of hydrogen-bond acceptors (Lipinski definition) is 5. The molecular weight excluding hydrogens is 292 g/mol. The Labute approximate surface area is 125 Å². The molecule has 20 heavy (non-hydrogen) atoms. The quantitative estimate of drug-likeness (QED) is 0.829. The maximum absolute atomic E-state index is 12.1. The number of nitrogens with one attached hydrogen (secondary N) is 2. The predicted octanol–water partition coefficient (Wildman–Crippen LogP) is 2.02. The number of nitrogens with zero attached hydrogens (tertiary/aromatic N) is 2. The second kappa shape index (κ2) is 6.41. The zero-order valence-corrected chi connectivity index (χ0v) is 12.6. The number of carbonyl (C=O) groups excluding carboxylic acids is 1. The Balaban J connectivity index is 1.48. The van der Waals surface area contributed by atoms with Crippen molar-refractivity contribution in [3.05, 3.63) is 33.5 Å². The molecule has 2 aromatic rings. The van der Waals surface area contributed by atoms with E-state index in [4.69, 9.17) is 0 Å². The summed E-state index contributed by atoms with van der Waals surface area (Å²) in [6, 6.07) is 2.05. The second-order valence-electron chi connectivity index (χ2n) is 4.65. The fourth-order valence-electron chi connectivity index (χ4n) is 2.16. The Bertz CT molecular complexity index is 556. The number of fused-ring (bicyclic) bond motifs is 1. The monoisotopic (exact) mass is 308 g/mol. The summed E-state index contributed by atoms with van der Waals surface area (Å²) in [5.41, 5.74) is 1.35. The van der Waals surface area contributed by atoms with Crippen molar-refractivity contribution < 1.29 is 4.79 Å². The van der Waals surface area contributed by atoms with Gasteiger partial charge in [-0.3, -0.25) is 9.89 Å². The second-order valence-corrected chi connectivity index (χ2v) is 6.90. The van der Waals surface area contributed by atoms with Crippen molar-refractivity contribution in [2.75, 3.05) is 12.3 Å². The molecule has 0 spiro atoms. The number of carbonyl (C=O) groups is 1. The zero-order chi connectivity index (χ0) is 13.8. The highest BCUT2D eigenvalue weighted by atomic mass is 32.2. The highest BCUT2D eigenvalue weighted by molar-refractivity contribution is 7.98. The van der Waals surface area contributed by atoms with Crippen molar-refractivity contribution in [1.82, 2.24) is 20.5 Å². The molecule has 5 nitrogen and oxygen atoms in total. The Hall–Kier alpha value is -1.34. The van der Waals surface area contributed by atoms with Gasteiger partial charge < -0.3 is 5.32 Å². The molecule has 0 unspecified atom stereocenters. The molecule has 1 aliphatic rings. The predicted molar refractivity (Wildman–Crippen MR) is 81.2 cm³/mol. The molecule has 2 N–H and O–H groups in total. The lowest BCUT2D eigenvalue weighted by molar-refractivity contribution is 0.0957. The summed E-state index contributed by atoms with van der Waals surface area (Å²) in [6.07, 6.45) is 4.27. The van der Waals surface area contributed by atoms with E-state index in [0.717, 1.165) is 35.7 Å². The third-order valence-electron chi connectivity index (χ3n) is 3.19. The normalized spacial score (nSPS) is 14.0. The number of hydrogen-bond donors (Lipinski definition) is 2. The molecule has 0 atom stereocenters. The van der Waals surface area contributed by atoms with Crippen molar-refractivity contribution in [3.63, 3.8) is 0 Å². The Morgan fingerprint density at radius 2 is 2.45 bits per heavy atom. The molecule has 106 valence electrons. The van der Waals surface area contributed by atoms with Gasteiger partial charge >= 0.3 is 0 Å². The maximum atomic E-state index is 12.1. The minimum atomic E-state index is 0.0481. The Kier molecular flexibility index (Phi) is 4.37. The number of aromatic amines is 1. The van der Waals surface area contributed by atoms with Gasteiger partial charge in [-0.25, -0.2) is 4.98 Å². The summed E-state index contributed by atoms with van der Waals surface area (Å²) in [7, 11) is 0. The van der Waals surface area contributed by atoms with Crippen LogP contribution in [0.25, 0.3) is 0 Å². The molecule has 0 bridgehead atoms. The van der Waals surface area contributed by atoms with Crippen LogP contribution in [-0.4, -0.2) is 33.4 Å². The van der Waals surface area contributed by atoms with Gasteiger partial charge in [-0.2, -0.15) is 16.9 Å². The number of aromatic nitrogens is 3. The minimum Gasteiger partial charge on any atom is -0.351 e. The van der Waals surface area contributed by atoms with E-state index in [2.05, 4.69) is 26.6 Å². The van der Waals surface area contributed by atoms with Gasteiger partial charge in [-0.05, 0) is 30.2 Å². The van der Waals surface area contributed by atoms with Crippen molar-refractivity contribution in [3.8, 4) is 0 Å². The molecule has 0 saturated carbocycles. The van der Waals surface area contributed by atoms with E-state index in [1.807, 2.05) is 11.8 Å². The van der Waals surface area contributed by atoms with Gasteiger partial charge in [0, 0.05) is 23.6 Å². The molecule has 0 saturated heterocycles. The lowest BCUT2D eigenvalue weighted by Crippen LogP contribution is -2.24. The first kappa shape index (κ1) is 13.6. The van der Waals surface area contributed by atoms with E-state index in [0.29, 0.717) is 6.54 Å². The van der Waals surface area contributed by atoms with Crippen LogP contribution in [0.3, 0.4) is 0 Å². The highest BCUT2D eigenvalue weighted by Crippen LogP contribution is 2.31. The number of aryl methyl sites for hydroxylation is 2. The van der Waals surface area contributed by atoms with Crippen LogP contribution in [0.1, 0.15) is 32.4 Å². The van der Waals surface area contributed by atoms with Crippen LogP contribution in [0.5, 0.6) is 0 Å². The van der Waals surface area contributed by atoms with Gasteiger partial charge in [0.1, 0.15) is 12.2 Å². The fraction of sp³-hybridized carbons (Fsp3) is 0.462. The largest absolute Gasteiger partial charge is 0.351 e. The van der Waals surface area contributed by atoms with Crippen LogP contribution in [0.2, 0.25) is 0 Å². The van der Waals surface area contributed by atoms with Gasteiger partial charge in [0.15, 0.2) is 0 Å². The van der Waals surface area contributed by atoms with Gasteiger partial charge in [0.2, 0.25) is 0 Å². The Morgan fingerprint density at radius 1 is 1.50 bits per heavy atom. The number of H-pyrrole nitrogens is 1. The van der Waals surface area contributed by atoms with E-state index < -0.39 is 0 Å². The number of thioether (sulfide) groups is 1. The van der Waals surface area contributed by atoms with E-state index in [-0.39, 0.29) is 5.91 Å². The van der Waals surface area contributed by atoms with Crippen molar-refractivity contribution in [2.45, 2.75) is 25.0 Å². The minimum absolute atomic E-state index is 0.0481. The van der Waals surface area contributed by atoms with Gasteiger partial charge in [-0.15, -0.1) is 11.3 Å². The summed E-state index contributed by atoms with van der Waals surface area (Å²) in [5, 5.41) is 9.59. The first-order chi connectivity index (χ1) is 9.83. The first-order valence-corrected chi connectivity index (χ1v) is 8.62. The van der Waals surface area contributed by atoms with Crippen LogP contribution in [0.15, 0.2) is 12.4 Å². The lowest BCUT2D eigenvalue weighted by Gasteiger charge is -2.08. The van der Waals surface area contributed by atoms with E-state index in [1.165, 1.54) is 22.5 Å². The molecular formula is C13H16N4OS2. The summed E-state index contributed by atoms with van der Waals surface area (Å²) in [5.74, 6) is 3.13. The van der Waals surface area contributed by atoms with Gasteiger partial charge in [0.25, 0.3) is 5.91 Å². The SMILES string of the molecule is O=C(NCCCc1ncn[nH]1)c1cc2c(s1)CCSC2. The summed E-state index contributed by atoms with van der Waals surface area (Å²) in [6.45, 7) is 0.664. The van der Waals surface area contributed by atoms with E-state index in [9.17, 15) is 4.79 Å². The molecule has 3 rings (SSSR count). The first-order valence-electron chi connectivity index (χ1n) is 6.64. The topological polar surface area (TPSA) is 70.7 Å². The number of rotatable bonds is 5. The molecule has 2 aromatic heterocycles. The molecule has 1 amide bonds. The van der Waals surface area contributed by atoms with Crippen LogP contribution in [0.4, 0.5) is 0 Å². The number of thiophene rings is 1. The van der Waals surface area contributed by atoms with Crippen molar-refractivity contribution in [1.29, 1.82) is 0 Å². The third kappa shape index (κ3) is 3.21. The molecule has 0 radical (unpaired) electrons. The summed E-state index contributed by atoms with van der Waals surface area (Å²) >= 11 is 3.59. The lowest BCUT2D eigenvalue weighted by atomic mass is 10.2. The van der Waals surface area contributed by atoms with E-state index in [1.54, 1.807) is 11.3 Å². The average Bonchev–Trinajstić information content (AvgIpc) is 3.12. The molecule has 0 aromatic carbocycles. The van der Waals surface area contributed by atoms with E-state index >= 15 is 0 Å². The van der Waals surface area contributed by atoms with Crippen molar-refractivity contribution in [2.24, 2.45) is 0 Å². The van der Waals surface area contributed by atoms with Gasteiger partial charge in [-0.1, -0.05) is 0 Å². The summed E-state index contributed by atoms with van der Waals surface area (Å²) < 4.78 is 0. The van der Waals surface area contributed by atoms with Crippen LogP contribution >= 0.6 is 23.1 Å². The molecule has 3 heterocycles. The zero-order valence-electron chi connectivity index (χ0n) is 11.0. The van der Waals surface area contributed by atoms with Gasteiger partial charge in [0.05, 0.1) is 4.88 Å². The molecule has 0 aliphatic carbocycles. The fourth-order valence-corrected chi connectivity index (χ4v) is 4.44. The average molecular weight is 308 g/mol. The Morgan fingerprint density at radius 3 is 3.25 bits per heavy atom. The molecule has 1 aliphatic heterocycles. The maximum Gasteiger partial charge on any atom is 0.261 e. The van der Waals surface area contributed by atoms with Crippen LogP contribution in [-0.2, 0) is 18.6 Å². The number of amides is 1.